The second kappa shape index (κ2) is 9.05. The lowest BCUT2D eigenvalue weighted by Crippen LogP contribution is -2.20. The number of aryl methyl sites for hydroxylation is 3. The second-order valence-corrected chi connectivity index (χ2v) is 8.46. The number of hydrogen-bond donors (Lipinski definition) is 2. The normalized spacial score (nSPS) is 12.1. The molecule has 6 heteroatoms. The van der Waals surface area contributed by atoms with Crippen LogP contribution in [0.2, 0.25) is 5.02 Å². The highest BCUT2D eigenvalue weighted by molar-refractivity contribution is 6.31. The summed E-state index contributed by atoms with van der Waals surface area (Å²) in [7, 11) is 0. The zero-order chi connectivity index (χ0) is 22.8. The summed E-state index contributed by atoms with van der Waals surface area (Å²) >= 11 is 6.22. The number of carboxylic acids is 1. The maximum atomic E-state index is 11.9. The number of hydrogen-bond acceptors (Lipinski definition) is 3. The number of fused-ring (bicyclic) bond motifs is 1. The molecule has 0 aliphatic heterocycles. The number of anilines is 1. The largest absolute Gasteiger partial charge is 0.479 e. The SMILES string of the molecule is CCc1nc2cc(C)cc(C)c2n1Cc1ccc(NC(C(=O)O)c2ccccc2Cl)cc1. The van der Waals surface area contributed by atoms with Gasteiger partial charge >= 0.3 is 5.97 Å². The van der Waals surface area contributed by atoms with Gasteiger partial charge in [0.25, 0.3) is 0 Å². The minimum Gasteiger partial charge on any atom is -0.479 e. The molecule has 4 aromatic rings. The van der Waals surface area contributed by atoms with Gasteiger partial charge in [0, 0.05) is 29.2 Å². The zero-order valence-electron chi connectivity index (χ0n) is 18.4. The second-order valence-electron chi connectivity index (χ2n) is 8.05. The van der Waals surface area contributed by atoms with Gasteiger partial charge in [0.1, 0.15) is 5.82 Å². The summed E-state index contributed by atoms with van der Waals surface area (Å²) in [6.07, 6.45) is 0.852. The van der Waals surface area contributed by atoms with Crippen LogP contribution in [-0.2, 0) is 17.8 Å². The molecule has 1 aromatic heterocycles. The Balaban J connectivity index is 1.60. The highest BCUT2D eigenvalue weighted by Gasteiger charge is 2.22. The number of aromatic nitrogens is 2. The lowest BCUT2D eigenvalue weighted by atomic mass is 10.1. The molecule has 1 heterocycles. The Morgan fingerprint density at radius 1 is 1.12 bits per heavy atom. The monoisotopic (exact) mass is 447 g/mol. The van der Waals surface area contributed by atoms with Crippen LogP contribution in [0.1, 0.15) is 41.0 Å². The number of nitrogens with zero attached hydrogens (tertiary/aromatic N) is 2. The van der Waals surface area contributed by atoms with Crippen molar-refractivity contribution >= 4 is 34.3 Å². The Bertz CT molecular complexity index is 1280. The fraction of sp³-hybridized carbons (Fsp3) is 0.231. The number of aliphatic carboxylic acids is 1. The van der Waals surface area contributed by atoms with Gasteiger partial charge < -0.3 is 15.0 Å². The van der Waals surface area contributed by atoms with Gasteiger partial charge in [-0.3, -0.25) is 0 Å². The maximum absolute atomic E-state index is 11.9. The summed E-state index contributed by atoms with van der Waals surface area (Å²) in [6.45, 7) is 7.04. The molecule has 0 aliphatic rings. The van der Waals surface area contributed by atoms with Crippen LogP contribution >= 0.6 is 11.6 Å². The van der Waals surface area contributed by atoms with E-state index < -0.39 is 12.0 Å². The summed E-state index contributed by atoms with van der Waals surface area (Å²) in [6, 6.07) is 18.2. The van der Waals surface area contributed by atoms with Crippen molar-refractivity contribution in [2.75, 3.05) is 5.32 Å². The van der Waals surface area contributed by atoms with Crippen molar-refractivity contribution in [2.24, 2.45) is 0 Å². The lowest BCUT2D eigenvalue weighted by Gasteiger charge is -2.18. The van der Waals surface area contributed by atoms with Crippen molar-refractivity contribution in [3.63, 3.8) is 0 Å². The Morgan fingerprint density at radius 2 is 1.84 bits per heavy atom. The minimum absolute atomic E-state index is 0.425. The van der Waals surface area contributed by atoms with Crippen molar-refractivity contribution in [3.05, 3.63) is 93.8 Å². The van der Waals surface area contributed by atoms with E-state index in [2.05, 4.69) is 42.8 Å². The number of carbonyl (C=O) groups is 1. The minimum atomic E-state index is -0.981. The van der Waals surface area contributed by atoms with Gasteiger partial charge in [0.2, 0.25) is 0 Å². The number of carboxylic acid groups (broad SMARTS) is 1. The van der Waals surface area contributed by atoms with Crippen molar-refractivity contribution in [2.45, 2.75) is 39.8 Å². The van der Waals surface area contributed by atoms with Gasteiger partial charge in [-0.15, -0.1) is 0 Å². The van der Waals surface area contributed by atoms with E-state index >= 15 is 0 Å². The number of nitrogens with one attached hydrogen (secondary N) is 1. The standard InChI is InChI=1S/C26H26ClN3O2/c1-4-23-29-22-14-16(2)13-17(3)25(22)30(23)15-18-9-11-19(12-10-18)28-24(26(31)32)20-7-5-6-8-21(20)27/h5-14,24,28H,4,15H2,1-3H3,(H,31,32). The van der Waals surface area contributed by atoms with Gasteiger partial charge in [0.15, 0.2) is 6.04 Å². The first-order valence-corrected chi connectivity index (χ1v) is 11.0. The zero-order valence-corrected chi connectivity index (χ0v) is 19.1. The molecule has 32 heavy (non-hydrogen) atoms. The first-order valence-electron chi connectivity index (χ1n) is 10.7. The summed E-state index contributed by atoms with van der Waals surface area (Å²) in [5, 5.41) is 13.2. The van der Waals surface area contributed by atoms with E-state index in [0.717, 1.165) is 29.0 Å². The Labute approximate surface area is 192 Å². The van der Waals surface area contributed by atoms with E-state index in [-0.39, 0.29) is 0 Å². The quantitative estimate of drug-likeness (QED) is 0.356. The fourth-order valence-corrected chi connectivity index (χ4v) is 4.42. The Kier molecular flexibility index (Phi) is 6.19. The van der Waals surface area contributed by atoms with Crippen LogP contribution in [0.15, 0.2) is 60.7 Å². The van der Waals surface area contributed by atoms with Crippen molar-refractivity contribution in [3.8, 4) is 0 Å². The number of imidazole rings is 1. The Morgan fingerprint density at radius 3 is 2.50 bits per heavy atom. The van der Waals surface area contributed by atoms with Crippen LogP contribution in [-0.4, -0.2) is 20.6 Å². The Hall–Kier alpha value is -3.31. The van der Waals surface area contributed by atoms with E-state index in [1.54, 1.807) is 24.3 Å². The first-order chi connectivity index (χ1) is 15.4. The highest BCUT2D eigenvalue weighted by atomic mass is 35.5. The number of halogens is 1. The third-order valence-electron chi connectivity index (χ3n) is 5.64. The van der Waals surface area contributed by atoms with Crippen molar-refractivity contribution in [1.29, 1.82) is 0 Å². The molecule has 1 unspecified atom stereocenters. The van der Waals surface area contributed by atoms with E-state index in [0.29, 0.717) is 17.1 Å². The van der Waals surface area contributed by atoms with Crippen LogP contribution in [0.4, 0.5) is 5.69 Å². The molecule has 2 N–H and O–H groups in total. The molecule has 5 nitrogen and oxygen atoms in total. The maximum Gasteiger partial charge on any atom is 0.330 e. The van der Waals surface area contributed by atoms with Gasteiger partial charge in [-0.2, -0.15) is 0 Å². The number of benzene rings is 3. The topological polar surface area (TPSA) is 67.2 Å². The summed E-state index contributed by atoms with van der Waals surface area (Å²) < 4.78 is 2.27. The van der Waals surface area contributed by atoms with Crippen molar-refractivity contribution < 1.29 is 9.90 Å². The average molecular weight is 448 g/mol. The van der Waals surface area contributed by atoms with E-state index in [1.807, 2.05) is 24.3 Å². The van der Waals surface area contributed by atoms with Gasteiger partial charge in [-0.25, -0.2) is 9.78 Å². The van der Waals surface area contributed by atoms with Crippen LogP contribution in [0.3, 0.4) is 0 Å². The lowest BCUT2D eigenvalue weighted by molar-refractivity contribution is -0.138. The average Bonchev–Trinajstić information content (AvgIpc) is 3.11. The van der Waals surface area contributed by atoms with Gasteiger partial charge in [0.05, 0.1) is 11.0 Å². The van der Waals surface area contributed by atoms with E-state index in [1.165, 1.54) is 16.6 Å². The molecular formula is C26H26ClN3O2. The molecule has 0 bridgehead atoms. The third-order valence-corrected chi connectivity index (χ3v) is 5.98. The van der Waals surface area contributed by atoms with Crippen molar-refractivity contribution in [1.82, 2.24) is 9.55 Å². The van der Waals surface area contributed by atoms with E-state index in [9.17, 15) is 9.90 Å². The third kappa shape index (κ3) is 4.34. The molecule has 0 spiro atoms. The molecule has 1 atom stereocenters. The smallest absolute Gasteiger partial charge is 0.330 e. The van der Waals surface area contributed by atoms with Crippen LogP contribution in [0.5, 0.6) is 0 Å². The molecule has 0 saturated carbocycles. The molecule has 164 valence electrons. The molecular weight excluding hydrogens is 422 g/mol. The van der Waals surface area contributed by atoms with Gasteiger partial charge in [-0.1, -0.05) is 54.9 Å². The summed E-state index contributed by atoms with van der Waals surface area (Å²) in [5.74, 6) is 0.0750. The predicted octanol–water partition coefficient (Wildman–Crippen LogP) is 6.16. The molecule has 0 fully saturated rings. The van der Waals surface area contributed by atoms with Crippen LogP contribution in [0.25, 0.3) is 11.0 Å². The molecule has 0 radical (unpaired) electrons. The molecule has 0 amide bonds. The summed E-state index contributed by atoms with van der Waals surface area (Å²) in [4.78, 5) is 16.7. The molecule has 0 saturated heterocycles. The number of rotatable bonds is 7. The molecule has 3 aromatic carbocycles. The molecule has 4 rings (SSSR count). The predicted molar refractivity (Wildman–Crippen MR) is 130 cm³/mol. The highest BCUT2D eigenvalue weighted by Crippen LogP contribution is 2.27. The summed E-state index contributed by atoms with van der Waals surface area (Å²) in [5.41, 5.74) is 7.00. The first kappa shape index (κ1) is 21.9. The van der Waals surface area contributed by atoms with E-state index in [4.69, 9.17) is 16.6 Å². The fourth-order valence-electron chi connectivity index (χ4n) is 4.18. The van der Waals surface area contributed by atoms with Crippen LogP contribution in [0, 0.1) is 13.8 Å². The molecule has 0 aliphatic carbocycles. The van der Waals surface area contributed by atoms with Crippen LogP contribution < -0.4 is 5.32 Å². The van der Waals surface area contributed by atoms with Gasteiger partial charge in [-0.05, 0) is 54.8 Å².